The zero-order valence-electron chi connectivity index (χ0n) is 22.1. The Hall–Kier alpha value is -1.12. The Labute approximate surface area is 208 Å². The molecule has 0 aliphatic heterocycles. The zero-order valence-corrected chi connectivity index (χ0v) is 22.1. The minimum atomic E-state index is -0.726. The summed E-state index contributed by atoms with van der Waals surface area (Å²) >= 11 is 0. The second-order valence-electron chi connectivity index (χ2n) is 13.4. The van der Waals surface area contributed by atoms with Crippen molar-refractivity contribution in [3.05, 3.63) is 47.5 Å². The van der Waals surface area contributed by atoms with Crippen LogP contribution in [0.25, 0.3) is 0 Å². The predicted octanol–water partition coefficient (Wildman–Crippen LogP) is 7.64. The Morgan fingerprint density at radius 1 is 1.03 bits per heavy atom. The molecule has 5 rings (SSSR count). The van der Waals surface area contributed by atoms with Crippen LogP contribution in [0.5, 0.6) is 0 Å². The van der Waals surface area contributed by atoms with Crippen molar-refractivity contribution in [2.75, 3.05) is 0 Å². The Morgan fingerprint density at radius 2 is 1.79 bits per heavy atom. The van der Waals surface area contributed by atoms with Gasteiger partial charge in [-0.15, -0.1) is 0 Å². The smallest absolute Gasteiger partial charge is 0.0868 e. The second-order valence-corrected chi connectivity index (χ2v) is 13.4. The van der Waals surface area contributed by atoms with Gasteiger partial charge < -0.3 is 10.2 Å². The van der Waals surface area contributed by atoms with Gasteiger partial charge in [-0.25, -0.2) is 0 Å². The molecular weight excluding hydrogens is 416 g/mol. The Kier molecular flexibility index (Phi) is 6.56. The highest BCUT2D eigenvalue weighted by Crippen LogP contribution is 2.67. The third-order valence-corrected chi connectivity index (χ3v) is 11.6. The van der Waals surface area contributed by atoms with Gasteiger partial charge in [0, 0.05) is 0 Å². The fourth-order valence-electron chi connectivity index (χ4n) is 9.53. The summed E-state index contributed by atoms with van der Waals surface area (Å²) in [4.78, 5) is 0. The first-order valence-electron chi connectivity index (χ1n) is 14.3. The van der Waals surface area contributed by atoms with Crippen molar-refractivity contribution in [2.24, 2.45) is 40.4 Å². The summed E-state index contributed by atoms with van der Waals surface area (Å²) in [6, 6.07) is 10.2. The van der Waals surface area contributed by atoms with Crippen LogP contribution >= 0.6 is 0 Å². The molecule has 0 aromatic heterocycles. The lowest BCUT2D eigenvalue weighted by atomic mass is 9.47. The average molecular weight is 465 g/mol. The minimum absolute atomic E-state index is 0.107. The fourth-order valence-corrected chi connectivity index (χ4v) is 9.53. The molecular formula is C32H48O2. The summed E-state index contributed by atoms with van der Waals surface area (Å²) in [5.41, 5.74) is 2.73. The van der Waals surface area contributed by atoms with Crippen LogP contribution in [0.3, 0.4) is 0 Å². The number of benzene rings is 1. The number of hydrogen-bond donors (Lipinski definition) is 2. The number of fused-ring (bicyclic) bond motifs is 5. The Bertz CT molecular complexity index is 888. The van der Waals surface area contributed by atoms with Crippen molar-refractivity contribution in [1.29, 1.82) is 0 Å². The first-order valence-corrected chi connectivity index (χ1v) is 14.3. The summed E-state index contributed by atoms with van der Waals surface area (Å²) in [6.45, 7) is 9.67. The highest BCUT2D eigenvalue weighted by molar-refractivity contribution is 5.25. The number of rotatable bonds is 6. The third-order valence-electron chi connectivity index (χ3n) is 11.6. The number of aliphatic hydroxyl groups is 2. The van der Waals surface area contributed by atoms with E-state index in [1.54, 1.807) is 5.57 Å². The van der Waals surface area contributed by atoms with Gasteiger partial charge in [-0.2, -0.15) is 0 Å². The van der Waals surface area contributed by atoms with E-state index in [0.717, 1.165) is 60.8 Å². The van der Waals surface area contributed by atoms with Gasteiger partial charge in [0.1, 0.15) is 0 Å². The standard InChI is InChI=1S/C32H48O2/c1-22(9-8-18-32(4,34)23-10-6-5-7-11-23)27-14-15-28-26-13-12-24-21-25(33)16-19-30(24,2)29(26)17-20-31(27,28)3/h5-7,10-12,22,25-29,33-34H,8-9,13-21H2,1-4H3/t22?,25-,26?,27?,28?,29?,30-,31+,32?/m1/s1. The van der Waals surface area contributed by atoms with Crippen molar-refractivity contribution in [3.8, 4) is 0 Å². The number of hydrogen-bond acceptors (Lipinski definition) is 2. The van der Waals surface area contributed by atoms with E-state index in [-0.39, 0.29) is 6.10 Å². The molecule has 1 aromatic carbocycles. The first-order chi connectivity index (χ1) is 16.1. The van der Waals surface area contributed by atoms with Gasteiger partial charge in [-0.1, -0.05) is 69.2 Å². The van der Waals surface area contributed by atoms with E-state index < -0.39 is 5.60 Å². The lowest BCUT2D eigenvalue weighted by molar-refractivity contribution is -0.0576. The molecule has 9 atom stereocenters. The van der Waals surface area contributed by atoms with E-state index in [9.17, 15) is 10.2 Å². The molecule has 2 N–H and O–H groups in total. The highest BCUT2D eigenvalue weighted by Gasteiger charge is 2.59. The van der Waals surface area contributed by atoms with Gasteiger partial charge in [0.2, 0.25) is 0 Å². The van der Waals surface area contributed by atoms with Gasteiger partial charge >= 0.3 is 0 Å². The molecule has 2 nitrogen and oxygen atoms in total. The molecule has 0 radical (unpaired) electrons. The molecule has 0 spiro atoms. The minimum Gasteiger partial charge on any atom is -0.393 e. The van der Waals surface area contributed by atoms with E-state index in [4.69, 9.17) is 0 Å². The Morgan fingerprint density at radius 3 is 2.56 bits per heavy atom. The normalized spacial score (nSPS) is 42.1. The van der Waals surface area contributed by atoms with Crippen LogP contribution in [-0.2, 0) is 5.60 Å². The topological polar surface area (TPSA) is 40.5 Å². The Balaban J connectivity index is 1.24. The molecule has 6 unspecified atom stereocenters. The van der Waals surface area contributed by atoms with Crippen molar-refractivity contribution in [2.45, 2.75) is 110 Å². The summed E-state index contributed by atoms with van der Waals surface area (Å²) in [6.07, 6.45) is 15.6. The fraction of sp³-hybridized carbons (Fsp3) is 0.750. The lowest BCUT2D eigenvalue weighted by Gasteiger charge is -2.58. The SMILES string of the molecule is CC(CCCC(C)(O)c1ccccc1)C1CCC2C3CC=C4C[C@H](O)CC[C@@]4(C)C3CC[C@@]12C. The van der Waals surface area contributed by atoms with Crippen molar-refractivity contribution in [1.82, 2.24) is 0 Å². The molecule has 2 heteroatoms. The van der Waals surface area contributed by atoms with Gasteiger partial charge in [0.25, 0.3) is 0 Å². The lowest BCUT2D eigenvalue weighted by Crippen LogP contribution is -2.50. The molecule has 0 saturated heterocycles. The number of allylic oxidation sites excluding steroid dienone is 1. The summed E-state index contributed by atoms with van der Waals surface area (Å²) in [5.74, 6) is 4.10. The largest absolute Gasteiger partial charge is 0.393 e. The van der Waals surface area contributed by atoms with E-state index in [2.05, 4.69) is 39.0 Å². The molecule has 4 aliphatic carbocycles. The highest BCUT2D eigenvalue weighted by atomic mass is 16.3. The molecule has 0 bridgehead atoms. The average Bonchev–Trinajstić information content (AvgIpc) is 3.17. The zero-order chi connectivity index (χ0) is 24.1. The van der Waals surface area contributed by atoms with Crippen molar-refractivity contribution < 1.29 is 10.2 Å². The molecule has 0 amide bonds. The van der Waals surface area contributed by atoms with E-state index in [1.165, 1.54) is 44.9 Å². The van der Waals surface area contributed by atoms with Gasteiger partial charge in [-0.3, -0.25) is 0 Å². The van der Waals surface area contributed by atoms with Crippen LogP contribution in [0, 0.1) is 40.4 Å². The first kappa shape index (κ1) is 24.6. The monoisotopic (exact) mass is 464 g/mol. The molecule has 188 valence electrons. The molecule has 4 aliphatic rings. The summed E-state index contributed by atoms with van der Waals surface area (Å²) < 4.78 is 0. The maximum Gasteiger partial charge on any atom is 0.0868 e. The predicted molar refractivity (Wildman–Crippen MR) is 140 cm³/mol. The van der Waals surface area contributed by atoms with E-state index >= 15 is 0 Å². The molecule has 1 aromatic rings. The molecule has 3 saturated carbocycles. The number of aliphatic hydroxyl groups excluding tert-OH is 1. The van der Waals surface area contributed by atoms with Gasteiger partial charge in [-0.05, 0) is 117 Å². The summed E-state index contributed by atoms with van der Waals surface area (Å²) in [7, 11) is 0. The van der Waals surface area contributed by atoms with Crippen LogP contribution in [-0.4, -0.2) is 16.3 Å². The van der Waals surface area contributed by atoms with E-state index in [1.807, 2.05) is 25.1 Å². The van der Waals surface area contributed by atoms with Crippen molar-refractivity contribution >= 4 is 0 Å². The van der Waals surface area contributed by atoms with Crippen LogP contribution < -0.4 is 0 Å². The van der Waals surface area contributed by atoms with Gasteiger partial charge in [0.05, 0.1) is 11.7 Å². The van der Waals surface area contributed by atoms with Crippen LogP contribution in [0.4, 0.5) is 0 Å². The summed E-state index contributed by atoms with van der Waals surface area (Å²) in [5, 5.41) is 21.3. The van der Waals surface area contributed by atoms with Crippen molar-refractivity contribution in [3.63, 3.8) is 0 Å². The molecule has 0 heterocycles. The third kappa shape index (κ3) is 4.11. The van der Waals surface area contributed by atoms with Crippen LogP contribution in [0.15, 0.2) is 42.0 Å². The second kappa shape index (κ2) is 9.07. The maximum absolute atomic E-state index is 11.0. The maximum atomic E-state index is 11.0. The van der Waals surface area contributed by atoms with Gasteiger partial charge in [0.15, 0.2) is 0 Å². The van der Waals surface area contributed by atoms with Crippen LogP contribution in [0.1, 0.15) is 104 Å². The van der Waals surface area contributed by atoms with Crippen LogP contribution in [0.2, 0.25) is 0 Å². The molecule has 3 fully saturated rings. The molecule has 34 heavy (non-hydrogen) atoms. The van der Waals surface area contributed by atoms with E-state index in [0.29, 0.717) is 10.8 Å². The quantitative estimate of drug-likeness (QED) is 0.425.